The molecule has 0 aromatic heterocycles. The fourth-order valence-electron chi connectivity index (χ4n) is 1.78. The molecule has 0 fully saturated rings. The van der Waals surface area contributed by atoms with Crippen molar-refractivity contribution >= 4 is 5.57 Å². The van der Waals surface area contributed by atoms with Crippen molar-refractivity contribution in [2.75, 3.05) is 0 Å². The van der Waals surface area contributed by atoms with E-state index in [1.807, 2.05) is 0 Å². The van der Waals surface area contributed by atoms with Gasteiger partial charge in [-0.25, -0.2) is 0 Å². The monoisotopic (exact) mass is 215 g/mol. The summed E-state index contributed by atoms with van der Waals surface area (Å²) in [4.78, 5) is 0. The molecule has 0 heterocycles. The van der Waals surface area contributed by atoms with Crippen molar-refractivity contribution in [3.05, 3.63) is 53.7 Å². The Morgan fingerprint density at radius 3 is 2.56 bits per heavy atom. The van der Waals surface area contributed by atoms with Crippen molar-refractivity contribution in [2.45, 2.75) is 27.2 Å². The summed E-state index contributed by atoms with van der Waals surface area (Å²) in [5.41, 5.74) is 10.5. The number of allylic oxidation sites excluding steroid dienone is 3. The Hall–Kier alpha value is -1.50. The molecule has 0 radical (unpaired) electrons. The Morgan fingerprint density at radius 1 is 1.44 bits per heavy atom. The molecule has 86 valence electrons. The van der Waals surface area contributed by atoms with Crippen molar-refractivity contribution in [3.8, 4) is 0 Å². The van der Waals surface area contributed by atoms with E-state index in [0.717, 1.165) is 12.1 Å². The van der Waals surface area contributed by atoms with Crippen LogP contribution in [0.4, 0.5) is 0 Å². The smallest absolute Gasteiger partial charge is 0.00395 e. The van der Waals surface area contributed by atoms with Crippen LogP contribution in [0, 0.1) is 12.8 Å². The molecule has 1 rings (SSSR count). The Morgan fingerprint density at radius 2 is 2.06 bits per heavy atom. The maximum absolute atomic E-state index is 5.73. The van der Waals surface area contributed by atoms with Crippen LogP contribution in [0.25, 0.3) is 5.57 Å². The fourth-order valence-corrected chi connectivity index (χ4v) is 1.78. The Kier molecular flexibility index (Phi) is 4.36. The molecule has 0 aliphatic rings. The zero-order valence-electron chi connectivity index (χ0n) is 10.5. The lowest BCUT2D eigenvalue weighted by Crippen LogP contribution is -2.08. The quantitative estimate of drug-likeness (QED) is 0.810. The number of rotatable bonds is 4. The summed E-state index contributed by atoms with van der Waals surface area (Å²) in [7, 11) is 0. The second-order valence-electron chi connectivity index (χ2n) is 4.31. The molecule has 0 amide bonds. The van der Waals surface area contributed by atoms with Gasteiger partial charge in [0.2, 0.25) is 0 Å². The maximum Gasteiger partial charge on any atom is 0.00395 e. The first-order chi connectivity index (χ1) is 7.56. The first kappa shape index (κ1) is 12.6. The van der Waals surface area contributed by atoms with Gasteiger partial charge in [-0.3, -0.25) is 0 Å². The molecule has 0 aliphatic heterocycles. The highest BCUT2D eigenvalue weighted by molar-refractivity contribution is 5.68. The van der Waals surface area contributed by atoms with E-state index in [0.29, 0.717) is 5.92 Å². The van der Waals surface area contributed by atoms with E-state index >= 15 is 0 Å². The highest BCUT2D eigenvalue weighted by atomic mass is 14.6. The van der Waals surface area contributed by atoms with Crippen LogP contribution < -0.4 is 5.73 Å². The van der Waals surface area contributed by atoms with E-state index < -0.39 is 0 Å². The van der Waals surface area contributed by atoms with Crippen molar-refractivity contribution in [2.24, 2.45) is 11.7 Å². The number of benzene rings is 1. The third-order valence-corrected chi connectivity index (χ3v) is 3.00. The normalized spacial score (nSPS) is 13.6. The lowest BCUT2D eigenvalue weighted by molar-refractivity contribution is 0.698. The van der Waals surface area contributed by atoms with E-state index in [1.54, 1.807) is 0 Å². The third kappa shape index (κ3) is 2.99. The standard InChI is InChI=1S/C15H21N/c1-5-14(10-12(3)13(4)16)15-9-7-6-8-11(15)2/h5-9,12H,4,10,16H2,1-3H3/b14-5-. The zero-order valence-corrected chi connectivity index (χ0v) is 10.5. The number of nitrogens with two attached hydrogens (primary N) is 1. The summed E-state index contributed by atoms with van der Waals surface area (Å²) in [6.45, 7) is 10.1. The first-order valence-electron chi connectivity index (χ1n) is 5.71. The maximum atomic E-state index is 5.73. The molecule has 0 saturated carbocycles. The molecule has 1 heteroatoms. The van der Waals surface area contributed by atoms with Crippen LogP contribution in [0.2, 0.25) is 0 Å². The van der Waals surface area contributed by atoms with E-state index in [2.05, 4.69) is 57.7 Å². The van der Waals surface area contributed by atoms with Crippen molar-refractivity contribution < 1.29 is 0 Å². The van der Waals surface area contributed by atoms with Gasteiger partial charge in [0.25, 0.3) is 0 Å². The molecule has 0 spiro atoms. The second-order valence-corrected chi connectivity index (χ2v) is 4.31. The number of aryl methyl sites for hydroxylation is 1. The Balaban J connectivity index is 2.93. The van der Waals surface area contributed by atoms with Gasteiger partial charge >= 0.3 is 0 Å². The topological polar surface area (TPSA) is 26.0 Å². The largest absolute Gasteiger partial charge is 0.402 e. The Labute approximate surface area is 98.7 Å². The van der Waals surface area contributed by atoms with E-state index in [4.69, 9.17) is 5.73 Å². The third-order valence-electron chi connectivity index (χ3n) is 3.00. The van der Waals surface area contributed by atoms with Crippen LogP contribution in [0.3, 0.4) is 0 Å². The molecular formula is C15H21N. The molecule has 16 heavy (non-hydrogen) atoms. The summed E-state index contributed by atoms with van der Waals surface area (Å²) < 4.78 is 0. The van der Waals surface area contributed by atoms with Crippen LogP contribution in [0.15, 0.2) is 42.6 Å². The van der Waals surface area contributed by atoms with E-state index in [1.165, 1.54) is 16.7 Å². The van der Waals surface area contributed by atoms with Gasteiger partial charge in [0, 0.05) is 5.70 Å². The minimum atomic E-state index is 0.325. The highest BCUT2D eigenvalue weighted by Gasteiger charge is 2.09. The summed E-state index contributed by atoms with van der Waals surface area (Å²) in [5.74, 6) is 0.325. The lowest BCUT2D eigenvalue weighted by Gasteiger charge is -2.15. The zero-order chi connectivity index (χ0) is 12.1. The lowest BCUT2D eigenvalue weighted by atomic mass is 9.91. The van der Waals surface area contributed by atoms with Gasteiger partial charge in [-0.2, -0.15) is 0 Å². The van der Waals surface area contributed by atoms with Crippen LogP contribution in [0.5, 0.6) is 0 Å². The van der Waals surface area contributed by atoms with Gasteiger partial charge < -0.3 is 5.73 Å². The van der Waals surface area contributed by atoms with Crippen molar-refractivity contribution in [1.82, 2.24) is 0 Å². The summed E-state index contributed by atoms with van der Waals surface area (Å²) in [5, 5.41) is 0. The molecule has 1 aromatic carbocycles. The van der Waals surface area contributed by atoms with Crippen LogP contribution in [-0.4, -0.2) is 0 Å². The van der Waals surface area contributed by atoms with E-state index in [-0.39, 0.29) is 0 Å². The molecule has 0 bridgehead atoms. The van der Waals surface area contributed by atoms with Crippen LogP contribution in [0.1, 0.15) is 31.4 Å². The minimum absolute atomic E-state index is 0.325. The van der Waals surface area contributed by atoms with Gasteiger partial charge in [0.15, 0.2) is 0 Å². The molecule has 1 atom stereocenters. The van der Waals surface area contributed by atoms with Gasteiger partial charge in [-0.05, 0) is 42.9 Å². The SMILES string of the molecule is C=C(N)C(C)C/C(=C/C)c1ccccc1C. The molecular weight excluding hydrogens is 194 g/mol. The summed E-state index contributed by atoms with van der Waals surface area (Å²) >= 11 is 0. The predicted molar refractivity (Wildman–Crippen MR) is 71.9 cm³/mol. The average Bonchev–Trinajstić information content (AvgIpc) is 2.26. The molecule has 0 aliphatic carbocycles. The average molecular weight is 215 g/mol. The molecule has 1 nitrogen and oxygen atoms in total. The molecule has 1 unspecified atom stereocenters. The van der Waals surface area contributed by atoms with Gasteiger partial charge in [-0.15, -0.1) is 0 Å². The first-order valence-corrected chi connectivity index (χ1v) is 5.71. The van der Waals surface area contributed by atoms with Crippen LogP contribution in [-0.2, 0) is 0 Å². The molecule has 0 saturated heterocycles. The summed E-state index contributed by atoms with van der Waals surface area (Å²) in [6, 6.07) is 8.45. The minimum Gasteiger partial charge on any atom is -0.402 e. The Bertz CT molecular complexity index is 402. The molecule has 1 aromatic rings. The highest BCUT2D eigenvalue weighted by Crippen LogP contribution is 2.26. The number of hydrogen-bond acceptors (Lipinski definition) is 1. The van der Waals surface area contributed by atoms with Crippen molar-refractivity contribution in [1.29, 1.82) is 0 Å². The van der Waals surface area contributed by atoms with Crippen molar-refractivity contribution in [3.63, 3.8) is 0 Å². The van der Waals surface area contributed by atoms with Gasteiger partial charge in [0.05, 0.1) is 0 Å². The van der Waals surface area contributed by atoms with Gasteiger partial charge in [-0.1, -0.05) is 43.8 Å². The summed E-state index contributed by atoms with van der Waals surface area (Å²) in [6.07, 6.45) is 3.12. The fraction of sp³-hybridized carbons (Fsp3) is 0.333. The predicted octanol–water partition coefficient (Wildman–Crippen LogP) is 3.90. The van der Waals surface area contributed by atoms with Crippen LogP contribution >= 0.6 is 0 Å². The molecule has 2 N–H and O–H groups in total. The second kappa shape index (κ2) is 5.55. The number of hydrogen-bond donors (Lipinski definition) is 1. The van der Waals surface area contributed by atoms with Gasteiger partial charge in [0.1, 0.15) is 0 Å². The van der Waals surface area contributed by atoms with E-state index in [9.17, 15) is 0 Å².